The molecule has 2 rings (SSSR count). The van der Waals surface area contributed by atoms with E-state index in [9.17, 15) is 9.90 Å². The monoisotopic (exact) mass is 272 g/mol. The third kappa shape index (κ3) is 3.36. The van der Waals surface area contributed by atoms with Crippen molar-refractivity contribution in [2.45, 2.75) is 19.6 Å². The zero-order valence-corrected chi connectivity index (χ0v) is 11.2. The van der Waals surface area contributed by atoms with Crippen LogP contribution >= 0.6 is 0 Å². The Bertz CT molecular complexity index is 598. The first kappa shape index (κ1) is 14.1. The molecule has 4 heteroatoms. The van der Waals surface area contributed by atoms with Gasteiger partial charge < -0.3 is 14.3 Å². The fourth-order valence-electron chi connectivity index (χ4n) is 1.65. The first-order valence-corrected chi connectivity index (χ1v) is 6.22. The zero-order valence-electron chi connectivity index (χ0n) is 11.2. The van der Waals surface area contributed by atoms with Gasteiger partial charge in [0.25, 0.3) is 0 Å². The number of aliphatic hydroxyl groups is 1. The summed E-state index contributed by atoms with van der Waals surface area (Å²) in [6.07, 6.45) is -0.911. The average molecular weight is 272 g/mol. The van der Waals surface area contributed by atoms with Gasteiger partial charge >= 0.3 is 5.97 Å². The van der Waals surface area contributed by atoms with E-state index in [1.54, 1.807) is 13.0 Å². The summed E-state index contributed by atoms with van der Waals surface area (Å²) in [6, 6.07) is 12.4. The van der Waals surface area contributed by atoms with Crippen LogP contribution in [0.25, 0.3) is 0 Å². The lowest BCUT2D eigenvalue weighted by Gasteiger charge is -2.06. The molecule has 0 aliphatic carbocycles. The number of rotatable bonds is 5. The lowest BCUT2D eigenvalue weighted by molar-refractivity contribution is 0.0429. The summed E-state index contributed by atoms with van der Waals surface area (Å²) in [5.41, 5.74) is 1.44. The number of hydrogen-bond donors (Lipinski definition) is 1. The second-order valence-electron chi connectivity index (χ2n) is 4.51. The van der Waals surface area contributed by atoms with Crippen molar-refractivity contribution in [3.63, 3.8) is 0 Å². The summed E-state index contributed by atoms with van der Waals surface area (Å²) in [4.78, 5) is 11.8. The van der Waals surface area contributed by atoms with Gasteiger partial charge in [0.2, 0.25) is 5.76 Å². The second kappa shape index (κ2) is 6.21. The number of hydrogen-bond acceptors (Lipinski definition) is 4. The highest BCUT2D eigenvalue weighted by molar-refractivity contribution is 5.86. The van der Waals surface area contributed by atoms with Crippen molar-refractivity contribution in [1.82, 2.24) is 0 Å². The minimum absolute atomic E-state index is 0.0660. The molecule has 0 spiro atoms. The van der Waals surface area contributed by atoms with Crippen LogP contribution in [0.4, 0.5) is 0 Å². The lowest BCUT2D eigenvalue weighted by Crippen LogP contribution is -2.04. The number of esters is 1. The topological polar surface area (TPSA) is 59.7 Å². The highest BCUT2D eigenvalue weighted by Gasteiger charge is 2.17. The van der Waals surface area contributed by atoms with E-state index in [-0.39, 0.29) is 18.1 Å². The summed E-state index contributed by atoms with van der Waals surface area (Å²) in [5.74, 6) is -0.214. The van der Waals surface area contributed by atoms with Crippen molar-refractivity contribution in [1.29, 1.82) is 0 Å². The van der Waals surface area contributed by atoms with Crippen LogP contribution in [-0.4, -0.2) is 11.1 Å². The van der Waals surface area contributed by atoms with Gasteiger partial charge in [-0.25, -0.2) is 4.79 Å². The van der Waals surface area contributed by atoms with Crippen LogP contribution in [0.3, 0.4) is 0 Å². The third-order valence-electron chi connectivity index (χ3n) is 2.78. The maximum absolute atomic E-state index is 11.8. The Morgan fingerprint density at radius 2 is 2.00 bits per heavy atom. The maximum atomic E-state index is 11.8. The molecule has 1 N–H and O–H groups in total. The predicted molar refractivity (Wildman–Crippen MR) is 74.0 cm³/mol. The third-order valence-corrected chi connectivity index (χ3v) is 2.78. The fraction of sp³-hybridized carbons (Fsp3) is 0.188. The molecule has 1 unspecified atom stereocenters. The Kier molecular flexibility index (Phi) is 4.38. The molecule has 0 aliphatic heterocycles. The lowest BCUT2D eigenvalue weighted by atomic mass is 10.1. The number of carbonyl (C=O) groups excluding carboxylic acids is 1. The average Bonchev–Trinajstić information content (AvgIpc) is 2.94. The molecule has 104 valence electrons. The summed E-state index contributed by atoms with van der Waals surface area (Å²) in [7, 11) is 0. The molecule has 2 aromatic rings. The van der Waals surface area contributed by atoms with E-state index in [2.05, 4.69) is 6.58 Å². The Hall–Kier alpha value is -2.33. The van der Waals surface area contributed by atoms with Gasteiger partial charge in [-0.3, -0.25) is 0 Å². The van der Waals surface area contributed by atoms with Gasteiger partial charge in [-0.15, -0.1) is 0 Å². The Morgan fingerprint density at radius 3 is 2.65 bits per heavy atom. The molecule has 0 amide bonds. The van der Waals surface area contributed by atoms with Crippen molar-refractivity contribution in [3.05, 3.63) is 71.7 Å². The van der Waals surface area contributed by atoms with Gasteiger partial charge in [0.1, 0.15) is 18.5 Å². The van der Waals surface area contributed by atoms with Crippen molar-refractivity contribution >= 4 is 5.97 Å². The first-order valence-electron chi connectivity index (χ1n) is 6.22. The van der Waals surface area contributed by atoms with Crippen LogP contribution in [0.1, 0.15) is 34.9 Å². The molecule has 0 aliphatic rings. The first-order chi connectivity index (χ1) is 9.58. The minimum atomic E-state index is -0.911. The molecule has 0 fully saturated rings. The summed E-state index contributed by atoms with van der Waals surface area (Å²) >= 11 is 0. The second-order valence-corrected chi connectivity index (χ2v) is 4.51. The molecule has 0 saturated heterocycles. The van der Waals surface area contributed by atoms with Crippen LogP contribution in [0.2, 0.25) is 0 Å². The van der Waals surface area contributed by atoms with E-state index >= 15 is 0 Å². The molecule has 0 radical (unpaired) electrons. The molecule has 1 aromatic carbocycles. The van der Waals surface area contributed by atoms with Crippen LogP contribution in [0, 0.1) is 0 Å². The van der Waals surface area contributed by atoms with Crippen molar-refractivity contribution in [2.75, 3.05) is 0 Å². The van der Waals surface area contributed by atoms with Crippen LogP contribution in [0.5, 0.6) is 0 Å². The van der Waals surface area contributed by atoms with Gasteiger partial charge in [0.15, 0.2) is 0 Å². The summed E-state index contributed by atoms with van der Waals surface area (Å²) in [5, 5.41) is 9.76. The van der Waals surface area contributed by atoms with Gasteiger partial charge in [-0.2, -0.15) is 0 Å². The molecule has 1 atom stereocenters. The largest absolute Gasteiger partial charge is 0.455 e. The molecule has 4 nitrogen and oxygen atoms in total. The van der Waals surface area contributed by atoms with Gasteiger partial charge in [0, 0.05) is 0 Å². The van der Waals surface area contributed by atoms with Crippen molar-refractivity contribution in [3.8, 4) is 0 Å². The maximum Gasteiger partial charge on any atom is 0.374 e. The van der Waals surface area contributed by atoms with E-state index in [4.69, 9.17) is 9.15 Å². The summed E-state index contributed by atoms with van der Waals surface area (Å²) < 4.78 is 10.4. The normalized spacial score (nSPS) is 11.9. The van der Waals surface area contributed by atoms with E-state index in [1.165, 1.54) is 6.07 Å². The molecule has 0 bridgehead atoms. The van der Waals surface area contributed by atoms with Crippen molar-refractivity contribution < 1.29 is 19.1 Å². The van der Waals surface area contributed by atoms with E-state index in [1.807, 2.05) is 30.3 Å². The highest BCUT2D eigenvalue weighted by atomic mass is 16.5. The number of ether oxygens (including phenoxy) is 1. The van der Waals surface area contributed by atoms with Crippen molar-refractivity contribution in [2.24, 2.45) is 0 Å². The number of aliphatic hydroxyl groups excluding tert-OH is 1. The van der Waals surface area contributed by atoms with Gasteiger partial charge in [0.05, 0.1) is 0 Å². The Morgan fingerprint density at radius 1 is 1.30 bits per heavy atom. The van der Waals surface area contributed by atoms with E-state index in [0.717, 1.165) is 5.56 Å². The molecule has 20 heavy (non-hydrogen) atoms. The van der Waals surface area contributed by atoms with Crippen LogP contribution in [-0.2, 0) is 11.3 Å². The minimum Gasteiger partial charge on any atom is -0.455 e. The Labute approximate surface area is 117 Å². The molecule has 0 saturated carbocycles. The molecule has 1 heterocycles. The fourth-order valence-corrected chi connectivity index (χ4v) is 1.65. The summed E-state index contributed by atoms with van der Waals surface area (Å²) in [6.45, 7) is 5.50. The van der Waals surface area contributed by atoms with Crippen LogP contribution in [0.15, 0.2) is 59.0 Å². The SMILES string of the molecule is C=C(C)C(O)c1ccc(C(=O)OCc2ccccc2)o1. The molecular formula is C16H16O4. The van der Waals surface area contributed by atoms with Crippen LogP contribution < -0.4 is 0 Å². The van der Waals surface area contributed by atoms with Gasteiger partial charge in [-0.05, 0) is 30.2 Å². The standard InChI is InChI=1S/C16H16O4/c1-11(2)15(17)13-8-9-14(20-13)16(18)19-10-12-6-4-3-5-7-12/h3-9,15,17H,1,10H2,2H3. The Balaban J connectivity index is 1.98. The highest BCUT2D eigenvalue weighted by Crippen LogP contribution is 2.22. The van der Waals surface area contributed by atoms with E-state index < -0.39 is 12.1 Å². The predicted octanol–water partition coefficient (Wildman–Crippen LogP) is 3.25. The molecule has 1 aromatic heterocycles. The number of carbonyl (C=O) groups is 1. The number of furan rings is 1. The molecular weight excluding hydrogens is 256 g/mol. The quantitative estimate of drug-likeness (QED) is 0.670. The van der Waals surface area contributed by atoms with Gasteiger partial charge in [-0.1, -0.05) is 36.9 Å². The zero-order chi connectivity index (χ0) is 14.5. The number of benzene rings is 1. The smallest absolute Gasteiger partial charge is 0.374 e. The van der Waals surface area contributed by atoms with E-state index in [0.29, 0.717) is 5.57 Å².